The van der Waals surface area contributed by atoms with Gasteiger partial charge in [-0.25, -0.2) is 0 Å². The van der Waals surface area contributed by atoms with Crippen LogP contribution in [0.15, 0.2) is 65.8 Å². The number of hydrogen-bond donors (Lipinski definition) is 0. The summed E-state index contributed by atoms with van der Waals surface area (Å²) in [6.45, 7) is 0.580. The predicted molar refractivity (Wildman–Crippen MR) is 84.2 cm³/mol. The van der Waals surface area contributed by atoms with Gasteiger partial charge in [0.15, 0.2) is 6.54 Å². The lowest BCUT2D eigenvalue weighted by atomic mass is 10.1. The molecule has 1 heterocycles. The van der Waals surface area contributed by atoms with E-state index in [0.717, 1.165) is 27.7 Å². The number of azo groups is 1. The second-order valence-corrected chi connectivity index (χ2v) is 5.19. The van der Waals surface area contributed by atoms with Crippen molar-refractivity contribution in [1.29, 1.82) is 5.26 Å². The molecule has 0 atom stereocenters. The minimum Gasteiger partial charge on any atom is -0.192 e. The molecular weight excluding hydrogens is 272 g/mol. The zero-order chi connectivity index (χ0) is 14.9. The maximum Gasteiger partial charge on any atom is 0.188 e. The van der Waals surface area contributed by atoms with Crippen molar-refractivity contribution in [3.8, 4) is 6.07 Å². The molecule has 0 fully saturated rings. The SMILES string of the molecule is N#Cc1ccc(C[N+]2=Nc3cccc4cccc(c34)[N-]2)cc1. The predicted octanol–water partition coefficient (Wildman–Crippen LogP) is 4.94. The Morgan fingerprint density at radius 1 is 1.00 bits per heavy atom. The first-order chi connectivity index (χ1) is 10.8. The van der Waals surface area contributed by atoms with Gasteiger partial charge in [-0.1, -0.05) is 48.5 Å². The summed E-state index contributed by atoms with van der Waals surface area (Å²) in [5.41, 5.74) is 8.21. The lowest BCUT2D eigenvalue weighted by molar-refractivity contribution is -0.554. The van der Waals surface area contributed by atoms with Crippen LogP contribution in [0.3, 0.4) is 0 Å². The van der Waals surface area contributed by atoms with Crippen molar-refractivity contribution in [2.45, 2.75) is 6.54 Å². The molecule has 4 heteroatoms. The molecule has 1 aliphatic heterocycles. The van der Waals surface area contributed by atoms with E-state index in [0.29, 0.717) is 12.1 Å². The Kier molecular flexibility index (Phi) is 2.84. The molecule has 0 aliphatic carbocycles. The van der Waals surface area contributed by atoms with E-state index in [1.54, 1.807) is 4.81 Å². The van der Waals surface area contributed by atoms with Gasteiger partial charge in [0.05, 0.1) is 11.6 Å². The Morgan fingerprint density at radius 2 is 1.77 bits per heavy atom. The average Bonchev–Trinajstić information content (AvgIpc) is 2.56. The van der Waals surface area contributed by atoms with Gasteiger partial charge in [0.1, 0.15) is 0 Å². The lowest BCUT2D eigenvalue weighted by Gasteiger charge is -2.20. The number of nitrogens with zero attached hydrogens (tertiary/aromatic N) is 4. The third kappa shape index (κ3) is 2.09. The van der Waals surface area contributed by atoms with Crippen LogP contribution in [0.25, 0.3) is 16.2 Å². The summed E-state index contributed by atoms with van der Waals surface area (Å²) in [6.07, 6.45) is 0. The van der Waals surface area contributed by atoms with Crippen LogP contribution in [0.1, 0.15) is 11.1 Å². The van der Waals surface area contributed by atoms with Crippen molar-refractivity contribution >= 4 is 22.1 Å². The first kappa shape index (κ1) is 12.5. The number of nitriles is 1. The van der Waals surface area contributed by atoms with Crippen molar-refractivity contribution < 1.29 is 4.81 Å². The van der Waals surface area contributed by atoms with E-state index in [4.69, 9.17) is 5.26 Å². The highest BCUT2D eigenvalue weighted by Gasteiger charge is 2.12. The van der Waals surface area contributed by atoms with E-state index in [-0.39, 0.29) is 0 Å². The number of benzene rings is 3. The van der Waals surface area contributed by atoms with Gasteiger partial charge in [-0.3, -0.25) is 0 Å². The van der Waals surface area contributed by atoms with Crippen LogP contribution < -0.4 is 0 Å². The summed E-state index contributed by atoms with van der Waals surface area (Å²) in [5, 5.41) is 15.7. The van der Waals surface area contributed by atoms with Crippen LogP contribution >= 0.6 is 0 Å². The Labute approximate surface area is 127 Å². The molecule has 3 aromatic carbocycles. The Bertz CT molecular complexity index is 928. The van der Waals surface area contributed by atoms with Crippen molar-refractivity contribution in [2.75, 3.05) is 0 Å². The molecule has 4 rings (SSSR count). The minimum atomic E-state index is 0.580. The third-order valence-electron chi connectivity index (χ3n) is 3.71. The number of hydrogen-bond acceptors (Lipinski definition) is 2. The highest BCUT2D eigenvalue weighted by molar-refractivity contribution is 6.02. The zero-order valence-electron chi connectivity index (χ0n) is 11.8. The summed E-state index contributed by atoms with van der Waals surface area (Å²) in [4.78, 5) is 1.71. The summed E-state index contributed by atoms with van der Waals surface area (Å²) in [7, 11) is 0. The number of rotatable bonds is 2. The maximum absolute atomic E-state index is 8.85. The smallest absolute Gasteiger partial charge is 0.188 e. The van der Waals surface area contributed by atoms with Gasteiger partial charge >= 0.3 is 0 Å². The van der Waals surface area contributed by atoms with Gasteiger partial charge in [-0.15, -0.1) is 0 Å². The highest BCUT2D eigenvalue weighted by Crippen LogP contribution is 2.40. The van der Waals surface area contributed by atoms with E-state index >= 15 is 0 Å². The molecule has 104 valence electrons. The van der Waals surface area contributed by atoms with Crippen molar-refractivity contribution in [1.82, 2.24) is 0 Å². The van der Waals surface area contributed by atoms with E-state index < -0.39 is 0 Å². The van der Waals surface area contributed by atoms with Crippen molar-refractivity contribution in [3.05, 3.63) is 77.2 Å². The van der Waals surface area contributed by atoms with E-state index in [1.807, 2.05) is 48.5 Å². The Morgan fingerprint density at radius 3 is 2.55 bits per heavy atom. The fourth-order valence-corrected chi connectivity index (χ4v) is 2.66. The molecule has 0 N–H and O–H groups in total. The monoisotopic (exact) mass is 284 g/mol. The second-order valence-electron chi connectivity index (χ2n) is 5.19. The fourth-order valence-electron chi connectivity index (χ4n) is 2.66. The van der Waals surface area contributed by atoms with Crippen LogP contribution in [-0.2, 0) is 6.54 Å². The molecular formula is C18H12N4. The van der Waals surface area contributed by atoms with Crippen molar-refractivity contribution in [3.63, 3.8) is 0 Å². The minimum absolute atomic E-state index is 0.580. The first-order valence-electron chi connectivity index (χ1n) is 7.05. The largest absolute Gasteiger partial charge is 0.192 e. The molecule has 0 saturated heterocycles. The zero-order valence-corrected chi connectivity index (χ0v) is 11.8. The molecule has 0 saturated carbocycles. The topological polar surface area (TPSA) is 53.3 Å². The fraction of sp³-hybridized carbons (Fsp3) is 0.0556. The molecule has 0 bridgehead atoms. The van der Waals surface area contributed by atoms with Crippen LogP contribution in [0, 0.1) is 11.3 Å². The normalized spacial score (nSPS) is 12.4. The summed E-state index contributed by atoms with van der Waals surface area (Å²) in [5.74, 6) is 0. The molecule has 0 amide bonds. The van der Waals surface area contributed by atoms with Gasteiger partial charge in [0, 0.05) is 16.9 Å². The van der Waals surface area contributed by atoms with E-state index in [2.05, 4.69) is 28.7 Å². The lowest BCUT2D eigenvalue weighted by Crippen LogP contribution is -2.05. The quantitative estimate of drug-likeness (QED) is 0.615. The third-order valence-corrected chi connectivity index (χ3v) is 3.71. The molecule has 0 unspecified atom stereocenters. The Balaban J connectivity index is 1.71. The van der Waals surface area contributed by atoms with Gasteiger partial charge in [-0.05, 0) is 22.9 Å². The molecule has 4 nitrogen and oxygen atoms in total. The Hall–Kier alpha value is -3.19. The maximum atomic E-state index is 8.85. The summed E-state index contributed by atoms with van der Waals surface area (Å²) < 4.78 is 0. The molecule has 22 heavy (non-hydrogen) atoms. The summed E-state index contributed by atoms with van der Waals surface area (Å²) in [6, 6.07) is 21.8. The highest BCUT2D eigenvalue weighted by atomic mass is 15.6. The van der Waals surface area contributed by atoms with Gasteiger partial charge in [0.2, 0.25) is 0 Å². The van der Waals surface area contributed by atoms with Crippen LogP contribution in [0.4, 0.5) is 11.4 Å². The van der Waals surface area contributed by atoms with Crippen LogP contribution in [0.2, 0.25) is 0 Å². The molecule has 1 aliphatic rings. The molecule has 0 spiro atoms. The first-order valence-corrected chi connectivity index (χ1v) is 7.05. The average molecular weight is 284 g/mol. The van der Waals surface area contributed by atoms with E-state index in [9.17, 15) is 0 Å². The van der Waals surface area contributed by atoms with E-state index in [1.165, 1.54) is 0 Å². The van der Waals surface area contributed by atoms with Gasteiger partial charge in [0.25, 0.3) is 0 Å². The van der Waals surface area contributed by atoms with Gasteiger partial charge in [-0.2, -0.15) is 20.6 Å². The van der Waals surface area contributed by atoms with Crippen LogP contribution in [0.5, 0.6) is 0 Å². The van der Waals surface area contributed by atoms with Gasteiger partial charge < -0.3 is 0 Å². The second kappa shape index (κ2) is 4.97. The molecule has 0 aromatic heterocycles. The standard InChI is InChI=1S/C18H12N4/c19-11-13-7-9-14(10-8-13)12-22-20-16-5-1-3-15-4-2-6-17(21-22)18(15)16/h1-10H,12H2. The van der Waals surface area contributed by atoms with Crippen molar-refractivity contribution in [2.24, 2.45) is 5.11 Å². The molecule has 3 aromatic rings. The summed E-state index contributed by atoms with van der Waals surface area (Å²) >= 11 is 0. The molecule has 0 radical (unpaired) electrons. The van der Waals surface area contributed by atoms with Crippen LogP contribution in [-0.4, -0.2) is 4.81 Å².